The Morgan fingerprint density at radius 1 is 1.53 bits per heavy atom. The lowest BCUT2D eigenvalue weighted by molar-refractivity contribution is 0.901. The number of hydrogen-bond donors (Lipinski definition) is 0. The Morgan fingerprint density at radius 2 is 2.27 bits per heavy atom. The summed E-state index contributed by atoms with van der Waals surface area (Å²) in [6, 6.07) is 7.92. The Kier molecular flexibility index (Phi) is 3.93. The van der Waals surface area contributed by atoms with Crippen LogP contribution in [0.1, 0.15) is 18.1 Å². The number of aryl methyl sites for hydroxylation is 1. The monoisotopic (exact) mass is 200 g/mol. The molecule has 1 aromatic carbocycles. The zero-order chi connectivity index (χ0) is 11.3. The van der Waals surface area contributed by atoms with Gasteiger partial charge in [-0.15, -0.1) is 6.58 Å². The van der Waals surface area contributed by atoms with E-state index in [1.54, 1.807) is 0 Å². The van der Waals surface area contributed by atoms with Crippen LogP contribution in [0.2, 0.25) is 0 Å². The van der Waals surface area contributed by atoms with Gasteiger partial charge in [-0.2, -0.15) is 5.26 Å². The van der Waals surface area contributed by atoms with Crippen molar-refractivity contribution in [2.75, 3.05) is 18.0 Å². The van der Waals surface area contributed by atoms with E-state index in [1.165, 1.54) is 5.69 Å². The molecule has 1 aromatic rings. The van der Waals surface area contributed by atoms with Gasteiger partial charge in [0.05, 0.1) is 11.6 Å². The van der Waals surface area contributed by atoms with Gasteiger partial charge in [0.25, 0.3) is 0 Å². The third-order valence-corrected chi connectivity index (χ3v) is 2.40. The molecule has 2 nitrogen and oxygen atoms in total. The highest BCUT2D eigenvalue weighted by Crippen LogP contribution is 2.20. The number of anilines is 1. The van der Waals surface area contributed by atoms with Crippen LogP contribution in [-0.2, 0) is 0 Å². The van der Waals surface area contributed by atoms with Crippen molar-refractivity contribution in [3.8, 4) is 6.07 Å². The minimum Gasteiger partial charge on any atom is -0.368 e. The molecule has 0 aliphatic carbocycles. The maximum absolute atomic E-state index is 8.77. The summed E-state index contributed by atoms with van der Waals surface area (Å²) in [5, 5.41) is 8.77. The standard InChI is InChI=1S/C13H16N2/c1-4-8-15(5-2)13-7-6-12(10-14)9-11(13)3/h4,6-7,9H,1,5,8H2,2-3H3. The maximum Gasteiger partial charge on any atom is 0.0991 e. The zero-order valence-electron chi connectivity index (χ0n) is 9.33. The number of nitrogens with zero attached hydrogens (tertiary/aromatic N) is 2. The molecule has 0 aromatic heterocycles. The molecule has 0 N–H and O–H groups in total. The van der Waals surface area contributed by atoms with Crippen LogP contribution in [0.15, 0.2) is 30.9 Å². The second-order valence-corrected chi connectivity index (χ2v) is 3.44. The molecule has 0 bridgehead atoms. The molecular weight excluding hydrogens is 184 g/mol. The summed E-state index contributed by atoms with van der Waals surface area (Å²) in [6.45, 7) is 9.67. The summed E-state index contributed by atoms with van der Waals surface area (Å²) in [4.78, 5) is 2.23. The summed E-state index contributed by atoms with van der Waals surface area (Å²) >= 11 is 0. The van der Waals surface area contributed by atoms with Gasteiger partial charge in [0.1, 0.15) is 0 Å². The predicted octanol–water partition coefficient (Wildman–Crippen LogP) is 2.88. The molecule has 0 spiro atoms. The van der Waals surface area contributed by atoms with Crippen LogP contribution in [0.3, 0.4) is 0 Å². The Bertz CT molecular complexity index is 388. The average Bonchev–Trinajstić information content (AvgIpc) is 2.26. The largest absolute Gasteiger partial charge is 0.368 e. The SMILES string of the molecule is C=CCN(CC)c1ccc(C#N)cc1C. The van der Waals surface area contributed by atoms with Crippen molar-refractivity contribution in [2.45, 2.75) is 13.8 Å². The van der Waals surface area contributed by atoms with Crippen molar-refractivity contribution in [2.24, 2.45) is 0 Å². The van der Waals surface area contributed by atoms with Crippen molar-refractivity contribution in [3.05, 3.63) is 42.0 Å². The van der Waals surface area contributed by atoms with Gasteiger partial charge < -0.3 is 4.90 Å². The van der Waals surface area contributed by atoms with Gasteiger partial charge in [0.2, 0.25) is 0 Å². The van der Waals surface area contributed by atoms with Crippen molar-refractivity contribution < 1.29 is 0 Å². The van der Waals surface area contributed by atoms with Gasteiger partial charge in [-0.1, -0.05) is 6.08 Å². The van der Waals surface area contributed by atoms with Crippen molar-refractivity contribution in [1.82, 2.24) is 0 Å². The van der Waals surface area contributed by atoms with E-state index in [2.05, 4.69) is 24.5 Å². The topological polar surface area (TPSA) is 27.0 Å². The summed E-state index contributed by atoms with van der Waals surface area (Å²) in [5.41, 5.74) is 3.03. The smallest absolute Gasteiger partial charge is 0.0991 e. The predicted molar refractivity (Wildman–Crippen MR) is 64.0 cm³/mol. The molecule has 0 saturated heterocycles. The van der Waals surface area contributed by atoms with E-state index in [4.69, 9.17) is 5.26 Å². The second-order valence-electron chi connectivity index (χ2n) is 3.44. The molecule has 0 amide bonds. The maximum atomic E-state index is 8.77. The van der Waals surface area contributed by atoms with E-state index in [0.717, 1.165) is 18.7 Å². The average molecular weight is 200 g/mol. The highest BCUT2D eigenvalue weighted by molar-refractivity contribution is 5.56. The van der Waals surface area contributed by atoms with E-state index < -0.39 is 0 Å². The molecule has 1 rings (SSSR count). The van der Waals surface area contributed by atoms with Crippen LogP contribution >= 0.6 is 0 Å². The molecule has 0 saturated carbocycles. The van der Waals surface area contributed by atoms with Gasteiger partial charge in [0, 0.05) is 18.8 Å². The first-order valence-electron chi connectivity index (χ1n) is 5.09. The van der Waals surface area contributed by atoms with E-state index in [-0.39, 0.29) is 0 Å². The quantitative estimate of drug-likeness (QED) is 0.699. The second kappa shape index (κ2) is 5.21. The van der Waals surface area contributed by atoms with Gasteiger partial charge in [-0.05, 0) is 37.6 Å². The lowest BCUT2D eigenvalue weighted by Gasteiger charge is -2.23. The van der Waals surface area contributed by atoms with Crippen molar-refractivity contribution >= 4 is 5.69 Å². The lowest BCUT2D eigenvalue weighted by Crippen LogP contribution is -2.23. The normalized spacial score (nSPS) is 9.40. The third-order valence-electron chi connectivity index (χ3n) is 2.40. The van der Waals surface area contributed by atoms with Gasteiger partial charge in [-0.25, -0.2) is 0 Å². The molecule has 0 unspecified atom stereocenters. The summed E-state index contributed by atoms with van der Waals surface area (Å²) in [7, 11) is 0. The Hall–Kier alpha value is -1.75. The molecule has 0 aliphatic heterocycles. The third kappa shape index (κ3) is 2.60. The van der Waals surface area contributed by atoms with E-state index in [1.807, 2.05) is 31.2 Å². The zero-order valence-corrected chi connectivity index (χ0v) is 9.33. The Balaban J connectivity index is 3.03. The Labute approximate surface area is 91.4 Å². The van der Waals surface area contributed by atoms with Crippen LogP contribution in [0.25, 0.3) is 0 Å². The molecule has 0 radical (unpaired) electrons. The minimum atomic E-state index is 0.714. The van der Waals surface area contributed by atoms with Crippen molar-refractivity contribution in [3.63, 3.8) is 0 Å². The Morgan fingerprint density at radius 3 is 2.73 bits per heavy atom. The molecular formula is C13H16N2. The van der Waals surface area contributed by atoms with Crippen LogP contribution in [-0.4, -0.2) is 13.1 Å². The summed E-state index contributed by atoms with van der Waals surface area (Å²) < 4.78 is 0. The number of nitriles is 1. The number of likely N-dealkylation sites (N-methyl/N-ethyl adjacent to an activating group) is 1. The highest BCUT2D eigenvalue weighted by atomic mass is 15.1. The van der Waals surface area contributed by atoms with Crippen LogP contribution in [0.5, 0.6) is 0 Å². The molecule has 78 valence electrons. The summed E-state index contributed by atoms with van der Waals surface area (Å²) in [6.07, 6.45) is 1.89. The van der Waals surface area contributed by atoms with Crippen LogP contribution < -0.4 is 4.90 Å². The van der Waals surface area contributed by atoms with Gasteiger partial charge in [-0.3, -0.25) is 0 Å². The first-order valence-corrected chi connectivity index (χ1v) is 5.09. The first-order chi connectivity index (χ1) is 7.22. The minimum absolute atomic E-state index is 0.714. The van der Waals surface area contributed by atoms with Crippen LogP contribution in [0.4, 0.5) is 5.69 Å². The lowest BCUT2D eigenvalue weighted by atomic mass is 10.1. The highest BCUT2D eigenvalue weighted by Gasteiger charge is 2.05. The van der Waals surface area contributed by atoms with Gasteiger partial charge >= 0.3 is 0 Å². The fraction of sp³-hybridized carbons (Fsp3) is 0.308. The first kappa shape index (κ1) is 11.3. The molecule has 0 atom stereocenters. The molecule has 0 heterocycles. The molecule has 15 heavy (non-hydrogen) atoms. The number of benzene rings is 1. The molecule has 2 heteroatoms. The number of hydrogen-bond acceptors (Lipinski definition) is 2. The fourth-order valence-corrected chi connectivity index (χ4v) is 1.63. The van der Waals surface area contributed by atoms with Crippen molar-refractivity contribution in [1.29, 1.82) is 5.26 Å². The van der Waals surface area contributed by atoms with E-state index in [0.29, 0.717) is 5.56 Å². The summed E-state index contributed by atoms with van der Waals surface area (Å²) in [5.74, 6) is 0. The molecule has 0 fully saturated rings. The van der Waals surface area contributed by atoms with E-state index in [9.17, 15) is 0 Å². The number of rotatable bonds is 4. The molecule has 0 aliphatic rings. The van der Waals surface area contributed by atoms with Crippen LogP contribution in [0, 0.1) is 18.3 Å². The van der Waals surface area contributed by atoms with Gasteiger partial charge in [0.15, 0.2) is 0 Å². The fourth-order valence-electron chi connectivity index (χ4n) is 1.63. The van der Waals surface area contributed by atoms with E-state index >= 15 is 0 Å².